The van der Waals surface area contributed by atoms with Crippen molar-refractivity contribution in [1.82, 2.24) is 0 Å². The van der Waals surface area contributed by atoms with Crippen LogP contribution in [0.5, 0.6) is 0 Å². The smallest absolute Gasteiger partial charge is 0.269 e. The molecule has 139 valence electrons. The maximum atomic E-state index is 3.72. The maximum Gasteiger partial charge on any atom is 3.00 e. The van der Waals surface area contributed by atoms with Gasteiger partial charge in [-0.05, 0) is 5.92 Å². The van der Waals surface area contributed by atoms with Crippen molar-refractivity contribution >= 4 is 0 Å². The average Bonchev–Trinajstić information content (AvgIpc) is 3.18. The van der Waals surface area contributed by atoms with E-state index < -0.39 is 0 Å². The molecule has 2 aromatic carbocycles. The molecule has 27 heavy (non-hydrogen) atoms. The molecule has 1 heteroatoms. The van der Waals surface area contributed by atoms with Crippen molar-refractivity contribution in [3.63, 3.8) is 0 Å². The van der Waals surface area contributed by atoms with Crippen LogP contribution < -0.4 is 0 Å². The Kier molecular flexibility index (Phi) is 12.7. The molecule has 0 amide bonds. The first kappa shape index (κ1) is 23.6. The second-order valence-corrected chi connectivity index (χ2v) is 6.99. The van der Waals surface area contributed by atoms with Crippen LogP contribution in [0.1, 0.15) is 56.1 Å². The number of benzene rings is 2. The van der Waals surface area contributed by atoms with E-state index in [2.05, 4.69) is 32.1 Å². The van der Waals surface area contributed by atoms with Crippen LogP contribution in [0, 0.1) is 25.8 Å². The molecule has 2 aliphatic rings. The normalized spacial score (nSPS) is 15.3. The standard InChI is InChI=1S/C12H17.2C7H7.Zr/c1-2-6-11(7-3-1)10-12-8-4-5-9-12;2*1-7-5-3-2-4-6-7;/h4,8,11H,1-3,5-7,10H2;2*2-6H,1H2;/q3*-1;+3. The Labute approximate surface area is 185 Å². The topological polar surface area (TPSA) is 0 Å². The van der Waals surface area contributed by atoms with E-state index in [1.54, 1.807) is 0 Å². The van der Waals surface area contributed by atoms with Crippen LogP contribution >= 0.6 is 0 Å². The minimum absolute atomic E-state index is 0. The molecule has 0 saturated heterocycles. The molecule has 0 aliphatic heterocycles. The van der Waals surface area contributed by atoms with E-state index in [0.717, 1.165) is 23.5 Å². The quantitative estimate of drug-likeness (QED) is 0.432. The van der Waals surface area contributed by atoms with Gasteiger partial charge < -0.3 is 0 Å². The summed E-state index contributed by atoms with van der Waals surface area (Å²) in [6.07, 6.45) is 17.6. The third kappa shape index (κ3) is 11.1. The van der Waals surface area contributed by atoms with Crippen molar-refractivity contribution in [1.29, 1.82) is 0 Å². The van der Waals surface area contributed by atoms with Gasteiger partial charge in [0.15, 0.2) is 0 Å². The largest absolute Gasteiger partial charge is 3.00 e. The van der Waals surface area contributed by atoms with Crippen LogP contribution in [0.2, 0.25) is 0 Å². The number of rotatable bonds is 2. The Morgan fingerprint density at radius 1 is 0.778 bits per heavy atom. The fourth-order valence-electron chi connectivity index (χ4n) is 3.25. The van der Waals surface area contributed by atoms with E-state index in [9.17, 15) is 0 Å². The van der Waals surface area contributed by atoms with Gasteiger partial charge in [0.05, 0.1) is 0 Å². The molecule has 4 rings (SSSR count). The van der Waals surface area contributed by atoms with E-state index >= 15 is 0 Å². The monoisotopic (exact) mass is 433 g/mol. The van der Waals surface area contributed by atoms with Gasteiger partial charge >= 0.3 is 26.2 Å². The molecule has 1 radical (unpaired) electrons. The minimum atomic E-state index is 0. The van der Waals surface area contributed by atoms with Crippen molar-refractivity contribution in [3.05, 3.63) is 109 Å². The predicted molar refractivity (Wildman–Crippen MR) is 114 cm³/mol. The van der Waals surface area contributed by atoms with E-state index in [0.29, 0.717) is 0 Å². The van der Waals surface area contributed by atoms with Gasteiger partial charge in [-0.1, -0.05) is 50.7 Å². The second-order valence-electron chi connectivity index (χ2n) is 6.99. The van der Waals surface area contributed by atoms with Gasteiger partial charge in [0.2, 0.25) is 0 Å². The molecule has 0 aromatic heterocycles. The predicted octanol–water partition coefficient (Wildman–Crippen LogP) is 7.38. The first-order chi connectivity index (χ1) is 12.7. The molecule has 0 bridgehead atoms. The zero-order chi connectivity index (χ0) is 18.5. The Hall–Kier alpha value is -1.46. The van der Waals surface area contributed by atoms with Crippen molar-refractivity contribution in [2.45, 2.75) is 44.9 Å². The van der Waals surface area contributed by atoms with Crippen molar-refractivity contribution in [2.24, 2.45) is 5.92 Å². The van der Waals surface area contributed by atoms with Crippen LogP contribution in [0.15, 0.2) is 78.4 Å². The van der Waals surface area contributed by atoms with Crippen molar-refractivity contribution in [2.75, 3.05) is 0 Å². The molecule has 0 spiro atoms. The van der Waals surface area contributed by atoms with Crippen LogP contribution in [0.4, 0.5) is 0 Å². The molecule has 0 heterocycles. The summed E-state index contributed by atoms with van der Waals surface area (Å²) < 4.78 is 0. The fourth-order valence-corrected chi connectivity index (χ4v) is 3.25. The van der Waals surface area contributed by atoms with Gasteiger partial charge in [-0.15, -0.1) is 30.7 Å². The van der Waals surface area contributed by atoms with E-state index in [1.165, 1.54) is 44.1 Å². The maximum absolute atomic E-state index is 3.72. The zero-order valence-electron chi connectivity index (χ0n) is 16.4. The summed E-state index contributed by atoms with van der Waals surface area (Å²) in [5.74, 6) is 0.976. The van der Waals surface area contributed by atoms with Crippen molar-refractivity contribution in [3.8, 4) is 0 Å². The number of hydrogen-bond donors (Lipinski definition) is 0. The van der Waals surface area contributed by atoms with E-state index in [4.69, 9.17) is 0 Å². The third-order valence-electron chi connectivity index (χ3n) is 4.68. The Bertz CT molecular complexity index is 612. The Balaban J connectivity index is 0.000000211. The first-order valence-corrected chi connectivity index (χ1v) is 9.74. The van der Waals surface area contributed by atoms with Crippen LogP contribution in [0.3, 0.4) is 0 Å². The summed E-state index contributed by atoms with van der Waals surface area (Å²) in [7, 11) is 0. The molecular formula is C26H31Zr. The molecule has 1 saturated carbocycles. The molecular weight excluding hydrogens is 404 g/mol. The van der Waals surface area contributed by atoms with Crippen LogP contribution in [-0.2, 0) is 26.2 Å². The van der Waals surface area contributed by atoms with Crippen LogP contribution in [0.25, 0.3) is 0 Å². The summed E-state index contributed by atoms with van der Waals surface area (Å²) in [6, 6.07) is 19.7. The second kappa shape index (κ2) is 14.6. The summed E-state index contributed by atoms with van der Waals surface area (Å²) in [5.41, 5.74) is 3.62. The van der Waals surface area contributed by atoms with Gasteiger partial charge in [-0.2, -0.15) is 55.3 Å². The molecule has 0 nitrogen and oxygen atoms in total. The SMILES string of the molecule is [C-]1=C(CC2CCCCC2)C=CC1.[CH2-]c1ccccc1.[CH2-]c1ccccc1.[Zr+3]. The summed E-state index contributed by atoms with van der Waals surface area (Å²) in [5, 5.41) is 0. The summed E-state index contributed by atoms with van der Waals surface area (Å²) in [6.45, 7) is 7.44. The Morgan fingerprint density at radius 3 is 1.67 bits per heavy atom. The Morgan fingerprint density at radius 2 is 1.30 bits per heavy atom. The molecule has 0 unspecified atom stereocenters. The van der Waals surface area contributed by atoms with Gasteiger partial charge in [0.1, 0.15) is 0 Å². The molecule has 1 fully saturated rings. The van der Waals surface area contributed by atoms with Crippen molar-refractivity contribution < 1.29 is 26.2 Å². The number of allylic oxidation sites excluding steroid dienone is 4. The van der Waals surface area contributed by atoms with Gasteiger partial charge in [0.25, 0.3) is 0 Å². The number of hydrogen-bond acceptors (Lipinski definition) is 0. The van der Waals surface area contributed by atoms with E-state index in [-0.39, 0.29) is 26.2 Å². The average molecular weight is 435 g/mol. The molecule has 2 aliphatic carbocycles. The van der Waals surface area contributed by atoms with E-state index in [1.807, 2.05) is 60.7 Å². The molecule has 2 aromatic rings. The van der Waals surface area contributed by atoms with Crippen LogP contribution in [-0.4, -0.2) is 0 Å². The van der Waals surface area contributed by atoms with Gasteiger partial charge in [-0.3, -0.25) is 6.08 Å². The first-order valence-electron chi connectivity index (χ1n) is 9.74. The fraction of sp³-hybridized carbons (Fsp3) is 0.308. The third-order valence-corrected chi connectivity index (χ3v) is 4.68. The van der Waals surface area contributed by atoms with Gasteiger partial charge in [-0.25, -0.2) is 11.6 Å². The minimum Gasteiger partial charge on any atom is -0.269 e. The summed E-state index contributed by atoms with van der Waals surface area (Å²) in [4.78, 5) is 0. The molecule has 0 atom stereocenters. The summed E-state index contributed by atoms with van der Waals surface area (Å²) >= 11 is 0. The molecule has 0 N–H and O–H groups in total. The zero-order valence-corrected chi connectivity index (χ0v) is 18.8. The van der Waals surface area contributed by atoms with Gasteiger partial charge in [0, 0.05) is 0 Å².